The lowest BCUT2D eigenvalue weighted by molar-refractivity contribution is 0.444. The number of fused-ring (bicyclic) bond motifs is 1. The number of benzene rings is 1. The van der Waals surface area contributed by atoms with E-state index in [1.54, 1.807) is 0 Å². The van der Waals surface area contributed by atoms with Crippen molar-refractivity contribution in [3.05, 3.63) is 48.3 Å². The van der Waals surface area contributed by atoms with Crippen molar-refractivity contribution in [3.63, 3.8) is 0 Å². The van der Waals surface area contributed by atoms with Crippen LogP contribution >= 0.6 is 0 Å². The third-order valence-corrected chi connectivity index (χ3v) is 4.51. The molecular weight excluding hydrogens is 260 g/mol. The molecule has 1 aromatic carbocycles. The fourth-order valence-corrected chi connectivity index (χ4v) is 3.05. The molecule has 0 bridgehead atoms. The Balaban J connectivity index is 1.54. The van der Waals surface area contributed by atoms with Crippen molar-refractivity contribution in [1.82, 2.24) is 14.8 Å². The number of anilines is 1. The molecule has 4 nitrogen and oxygen atoms in total. The number of nitrogens with zero attached hydrogens (tertiary/aromatic N) is 2. The molecule has 1 saturated carbocycles. The number of aromatic amines is 1. The van der Waals surface area contributed by atoms with E-state index in [2.05, 4.69) is 57.3 Å². The van der Waals surface area contributed by atoms with E-state index in [-0.39, 0.29) is 0 Å². The molecule has 2 N–H and O–H groups in total. The second-order valence-electron chi connectivity index (χ2n) is 5.95. The molecule has 4 rings (SSSR count). The number of nitrogens with one attached hydrogen (secondary N) is 2. The van der Waals surface area contributed by atoms with E-state index in [0.29, 0.717) is 6.04 Å². The molecule has 21 heavy (non-hydrogen) atoms. The van der Waals surface area contributed by atoms with Gasteiger partial charge in [-0.25, -0.2) is 4.68 Å². The quantitative estimate of drug-likeness (QED) is 0.743. The topological polar surface area (TPSA) is 45.6 Å². The molecule has 1 fully saturated rings. The maximum atomic E-state index is 4.49. The SMILES string of the molecule is CC(C1CC1)n1nccc1NCc1cccc2[nH]ccc12. The van der Waals surface area contributed by atoms with Gasteiger partial charge >= 0.3 is 0 Å². The lowest BCUT2D eigenvalue weighted by Crippen LogP contribution is -2.13. The Morgan fingerprint density at radius 2 is 2.24 bits per heavy atom. The van der Waals surface area contributed by atoms with E-state index in [0.717, 1.165) is 18.3 Å². The minimum absolute atomic E-state index is 0.491. The van der Waals surface area contributed by atoms with E-state index in [1.807, 2.05) is 12.4 Å². The van der Waals surface area contributed by atoms with E-state index in [4.69, 9.17) is 0 Å². The van der Waals surface area contributed by atoms with Gasteiger partial charge in [-0.1, -0.05) is 12.1 Å². The first-order valence-electron chi connectivity index (χ1n) is 7.65. The molecule has 0 spiro atoms. The number of rotatable bonds is 5. The second-order valence-corrected chi connectivity index (χ2v) is 5.95. The molecule has 2 heterocycles. The molecule has 0 amide bonds. The first-order valence-corrected chi connectivity index (χ1v) is 7.65. The summed E-state index contributed by atoms with van der Waals surface area (Å²) >= 11 is 0. The average molecular weight is 280 g/mol. The lowest BCUT2D eigenvalue weighted by Gasteiger charge is -2.16. The third kappa shape index (κ3) is 2.31. The maximum Gasteiger partial charge on any atom is 0.124 e. The van der Waals surface area contributed by atoms with Gasteiger partial charge in [0.2, 0.25) is 0 Å². The molecule has 0 radical (unpaired) electrons. The van der Waals surface area contributed by atoms with E-state index in [9.17, 15) is 0 Å². The van der Waals surface area contributed by atoms with Crippen molar-refractivity contribution in [1.29, 1.82) is 0 Å². The fourth-order valence-electron chi connectivity index (χ4n) is 3.05. The molecule has 108 valence electrons. The lowest BCUT2D eigenvalue weighted by atomic mass is 10.1. The molecule has 4 heteroatoms. The van der Waals surface area contributed by atoms with E-state index >= 15 is 0 Å². The molecule has 0 saturated heterocycles. The molecule has 0 aliphatic heterocycles. The van der Waals surface area contributed by atoms with Gasteiger partial charge in [0.1, 0.15) is 5.82 Å². The molecule has 1 aliphatic carbocycles. The zero-order valence-electron chi connectivity index (χ0n) is 12.2. The summed E-state index contributed by atoms with van der Waals surface area (Å²) in [6.07, 6.45) is 6.55. The first kappa shape index (κ1) is 12.5. The van der Waals surface area contributed by atoms with Crippen LogP contribution in [0.2, 0.25) is 0 Å². The zero-order chi connectivity index (χ0) is 14.2. The van der Waals surface area contributed by atoms with Gasteiger partial charge in [-0.15, -0.1) is 0 Å². The highest BCUT2D eigenvalue weighted by Crippen LogP contribution is 2.40. The third-order valence-electron chi connectivity index (χ3n) is 4.51. The van der Waals surface area contributed by atoms with Crippen LogP contribution in [0, 0.1) is 5.92 Å². The van der Waals surface area contributed by atoms with Gasteiger partial charge in [0.25, 0.3) is 0 Å². The van der Waals surface area contributed by atoms with Gasteiger partial charge < -0.3 is 10.3 Å². The van der Waals surface area contributed by atoms with E-state index in [1.165, 1.54) is 29.3 Å². The smallest absolute Gasteiger partial charge is 0.124 e. The largest absolute Gasteiger partial charge is 0.366 e. The summed E-state index contributed by atoms with van der Waals surface area (Å²) in [5, 5.41) is 9.32. The summed E-state index contributed by atoms with van der Waals surface area (Å²) in [6, 6.07) is 11.1. The van der Waals surface area contributed by atoms with Crippen LogP contribution in [0.5, 0.6) is 0 Å². The Labute approximate surface area is 124 Å². The van der Waals surface area contributed by atoms with Crippen molar-refractivity contribution in [2.45, 2.75) is 32.4 Å². The van der Waals surface area contributed by atoms with Crippen molar-refractivity contribution in [2.75, 3.05) is 5.32 Å². The summed E-state index contributed by atoms with van der Waals surface area (Å²) in [5.41, 5.74) is 2.50. The molecule has 1 unspecified atom stereocenters. The van der Waals surface area contributed by atoms with Gasteiger partial charge in [-0.05, 0) is 43.4 Å². The number of hydrogen-bond donors (Lipinski definition) is 2. The molecular formula is C17H20N4. The predicted molar refractivity (Wildman–Crippen MR) is 85.3 cm³/mol. The molecule has 1 aliphatic rings. The number of aromatic nitrogens is 3. The van der Waals surface area contributed by atoms with Crippen LogP contribution in [0.3, 0.4) is 0 Å². The van der Waals surface area contributed by atoms with Crippen LogP contribution in [-0.4, -0.2) is 14.8 Å². The highest BCUT2D eigenvalue weighted by Gasteiger charge is 2.30. The minimum atomic E-state index is 0.491. The highest BCUT2D eigenvalue weighted by molar-refractivity contribution is 5.83. The van der Waals surface area contributed by atoms with Gasteiger partial charge in [0, 0.05) is 29.7 Å². The molecule has 3 aromatic rings. The number of hydrogen-bond acceptors (Lipinski definition) is 2. The molecule has 1 atom stereocenters. The summed E-state index contributed by atoms with van der Waals surface area (Å²) in [7, 11) is 0. The van der Waals surface area contributed by atoms with Gasteiger partial charge in [-0.2, -0.15) is 5.10 Å². The van der Waals surface area contributed by atoms with Crippen LogP contribution in [0.15, 0.2) is 42.7 Å². The fraction of sp³-hybridized carbons (Fsp3) is 0.353. The Hall–Kier alpha value is -2.23. The van der Waals surface area contributed by atoms with Crippen LogP contribution in [0.1, 0.15) is 31.4 Å². The first-order chi connectivity index (χ1) is 10.3. The number of H-pyrrole nitrogens is 1. The van der Waals surface area contributed by atoms with Crippen LogP contribution in [0.25, 0.3) is 10.9 Å². The normalized spacial score (nSPS) is 16.2. The van der Waals surface area contributed by atoms with Gasteiger partial charge in [0.15, 0.2) is 0 Å². The average Bonchev–Trinajstić information content (AvgIpc) is 3.06. The Bertz CT molecular complexity index is 751. The predicted octanol–water partition coefficient (Wildman–Crippen LogP) is 3.95. The van der Waals surface area contributed by atoms with Crippen molar-refractivity contribution in [2.24, 2.45) is 5.92 Å². The van der Waals surface area contributed by atoms with Crippen LogP contribution < -0.4 is 5.32 Å². The summed E-state index contributed by atoms with van der Waals surface area (Å²) < 4.78 is 2.13. The van der Waals surface area contributed by atoms with Crippen molar-refractivity contribution >= 4 is 16.7 Å². The molecule has 2 aromatic heterocycles. The Morgan fingerprint density at radius 1 is 1.33 bits per heavy atom. The standard InChI is InChI=1S/C17H20N4/c1-12(13-5-6-13)21-17(8-10-20-21)19-11-14-3-2-4-16-15(14)7-9-18-16/h2-4,7-10,12-13,18-19H,5-6,11H2,1H3. The van der Waals surface area contributed by atoms with Crippen molar-refractivity contribution < 1.29 is 0 Å². The Morgan fingerprint density at radius 3 is 3.10 bits per heavy atom. The maximum absolute atomic E-state index is 4.49. The van der Waals surface area contributed by atoms with Crippen LogP contribution in [0.4, 0.5) is 5.82 Å². The van der Waals surface area contributed by atoms with Crippen LogP contribution in [-0.2, 0) is 6.54 Å². The zero-order valence-corrected chi connectivity index (χ0v) is 12.2. The summed E-state index contributed by atoms with van der Waals surface area (Å²) in [6.45, 7) is 3.08. The van der Waals surface area contributed by atoms with Gasteiger partial charge in [-0.3, -0.25) is 0 Å². The van der Waals surface area contributed by atoms with Crippen molar-refractivity contribution in [3.8, 4) is 0 Å². The Kier molecular flexibility index (Phi) is 2.95. The summed E-state index contributed by atoms with van der Waals surface area (Å²) in [5.74, 6) is 1.92. The van der Waals surface area contributed by atoms with E-state index < -0.39 is 0 Å². The highest BCUT2D eigenvalue weighted by atomic mass is 15.3. The summed E-state index contributed by atoms with van der Waals surface area (Å²) in [4.78, 5) is 3.26. The minimum Gasteiger partial charge on any atom is -0.366 e. The monoisotopic (exact) mass is 280 g/mol. The second kappa shape index (κ2) is 4.95. The van der Waals surface area contributed by atoms with Gasteiger partial charge in [0.05, 0.1) is 12.2 Å².